The molecule has 0 amide bonds. The Morgan fingerprint density at radius 2 is 1.62 bits per heavy atom. The second-order valence-corrected chi connectivity index (χ2v) is 5.83. The number of hydrogen-bond acceptors (Lipinski definition) is 2. The number of amidine groups is 1. The van der Waals surface area contributed by atoms with Gasteiger partial charge in [0.05, 0.1) is 12.8 Å². The Bertz CT molecular complexity index is 953. The summed E-state index contributed by atoms with van der Waals surface area (Å²) in [6, 6.07) is 16.0. The number of hydrogen-bond donors (Lipinski definition) is 1. The fourth-order valence-corrected chi connectivity index (χ4v) is 2.67. The average molecular weight is 379 g/mol. The van der Waals surface area contributed by atoms with Crippen LogP contribution in [0, 0.1) is 0 Å². The van der Waals surface area contributed by atoms with Gasteiger partial charge in [0, 0.05) is 21.5 Å². The van der Waals surface area contributed by atoms with Crippen LogP contribution in [0.2, 0.25) is 5.02 Å². The van der Waals surface area contributed by atoms with E-state index in [9.17, 15) is 13.2 Å². The maximum absolute atomic E-state index is 13.5. The molecule has 0 unspecified atom stereocenters. The monoisotopic (exact) mass is 378 g/mol. The molecule has 0 atom stereocenters. The van der Waals surface area contributed by atoms with Crippen LogP contribution in [-0.4, -0.2) is 19.1 Å². The van der Waals surface area contributed by atoms with Gasteiger partial charge in [0.15, 0.2) is 0 Å². The van der Waals surface area contributed by atoms with Gasteiger partial charge in [0.2, 0.25) is 5.84 Å². The van der Waals surface area contributed by atoms with Crippen molar-refractivity contribution in [2.75, 3.05) is 12.4 Å². The van der Waals surface area contributed by atoms with Crippen LogP contribution in [0.25, 0.3) is 10.8 Å². The number of methoxy groups -OCH3 is 1. The molecule has 0 bridgehead atoms. The number of nitrogens with zero attached hydrogens (tertiary/aromatic N) is 1. The number of aliphatic imine (C=N–C) groups is 1. The van der Waals surface area contributed by atoms with Crippen molar-refractivity contribution in [3.05, 3.63) is 65.7 Å². The topological polar surface area (TPSA) is 33.6 Å². The second-order valence-electron chi connectivity index (χ2n) is 5.42. The van der Waals surface area contributed by atoms with Crippen LogP contribution in [0.5, 0.6) is 5.75 Å². The minimum atomic E-state index is -4.65. The first-order valence-corrected chi connectivity index (χ1v) is 8.00. The maximum Gasteiger partial charge on any atom is 0.449 e. The van der Waals surface area contributed by atoms with Crippen LogP contribution in [0.1, 0.15) is 0 Å². The predicted molar refractivity (Wildman–Crippen MR) is 98.7 cm³/mol. The largest absolute Gasteiger partial charge is 0.497 e. The van der Waals surface area contributed by atoms with Crippen molar-refractivity contribution in [3.63, 3.8) is 0 Å². The zero-order valence-electron chi connectivity index (χ0n) is 13.6. The highest BCUT2D eigenvalue weighted by atomic mass is 35.5. The molecule has 1 N–H and O–H groups in total. The number of alkyl halides is 3. The molecule has 0 radical (unpaired) electrons. The van der Waals surface area contributed by atoms with Gasteiger partial charge in [-0.15, -0.1) is 0 Å². The molecule has 134 valence electrons. The molecule has 0 aliphatic carbocycles. The summed E-state index contributed by atoms with van der Waals surface area (Å²) < 4.78 is 45.4. The first-order valence-electron chi connectivity index (χ1n) is 7.62. The van der Waals surface area contributed by atoms with Crippen molar-refractivity contribution in [3.8, 4) is 5.75 Å². The van der Waals surface area contributed by atoms with Gasteiger partial charge in [-0.2, -0.15) is 13.2 Å². The van der Waals surface area contributed by atoms with Crippen molar-refractivity contribution >= 4 is 39.6 Å². The molecule has 3 aromatic carbocycles. The van der Waals surface area contributed by atoms with Crippen molar-refractivity contribution < 1.29 is 17.9 Å². The van der Waals surface area contributed by atoms with E-state index in [1.165, 1.54) is 31.4 Å². The number of benzene rings is 3. The summed E-state index contributed by atoms with van der Waals surface area (Å²) in [6.45, 7) is 0. The Labute approximate surface area is 153 Å². The van der Waals surface area contributed by atoms with Gasteiger partial charge in [0.25, 0.3) is 0 Å². The van der Waals surface area contributed by atoms with E-state index >= 15 is 0 Å². The fourth-order valence-electron chi connectivity index (χ4n) is 2.44. The van der Waals surface area contributed by atoms with Crippen molar-refractivity contribution in [2.24, 2.45) is 4.99 Å². The van der Waals surface area contributed by atoms with Crippen LogP contribution in [0.3, 0.4) is 0 Å². The molecular weight excluding hydrogens is 365 g/mol. The van der Waals surface area contributed by atoms with Crippen LogP contribution in [-0.2, 0) is 0 Å². The standard InChI is InChI=1S/C19H14ClF3N2O/c1-26-13-8-6-12(7-9-13)24-18(19(21,22)23)25-17-11-10-16(20)14-4-2-3-5-15(14)17/h2-11H,1H3,(H,24,25). The number of fused-ring (bicyclic) bond motifs is 1. The zero-order chi connectivity index (χ0) is 18.7. The summed E-state index contributed by atoms with van der Waals surface area (Å²) in [5, 5.41) is 3.97. The molecule has 0 spiro atoms. The van der Waals surface area contributed by atoms with E-state index in [1.807, 2.05) is 0 Å². The lowest BCUT2D eigenvalue weighted by atomic mass is 10.1. The molecule has 0 aliphatic rings. The fraction of sp³-hybridized carbons (Fsp3) is 0.105. The molecule has 0 saturated heterocycles. The van der Waals surface area contributed by atoms with Gasteiger partial charge in [-0.05, 0) is 36.4 Å². The molecule has 3 nitrogen and oxygen atoms in total. The van der Waals surface area contributed by atoms with Crippen molar-refractivity contribution in [1.82, 2.24) is 0 Å². The van der Waals surface area contributed by atoms with Crippen LogP contribution in [0.4, 0.5) is 24.5 Å². The molecule has 0 aliphatic heterocycles. The highest BCUT2D eigenvalue weighted by Crippen LogP contribution is 2.33. The number of halogens is 4. The summed E-state index contributed by atoms with van der Waals surface area (Å²) in [7, 11) is 1.48. The van der Waals surface area contributed by atoms with E-state index in [1.54, 1.807) is 36.4 Å². The summed E-state index contributed by atoms with van der Waals surface area (Å²) in [4.78, 5) is 3.83. The van der Waals surface area contributed by atoms with E-state index in [-0.39, 0.29) is 11.4 Å². The third-order valence-electron chi connectivity index (χ3n) is 3.70. The average Bonchev–Trinajstić information content (AvgIpc) is 2.63. The quantitative estimate of drug-likeness (QED) is 0.434. The van der Waals surface area contributed by atoms with E-state index in [4.69, 9.17) is 16.3 Å². The lowest BCUT2D eigenvalue weighted by molar-refractivity contribution is -0.0586. The number of anilines is 1. The highest BCUT2D eigenvalue weighted by Gasteiger charge is 2.36. The first-order chi connectivity index (χ1) is 12.4. The Morgan fingerprint density at radius 3 is 2.23 bits per heavy atom. The van der Waals surface area contributed by atoms with E-state index in [0.29, 0.717) is 21.5 Å². The zero-order valence-corrected chi connectivity index (χ0v) is 14.4. The molecule has 3 aromatic rings. The lowest BCUT2D eigenvalue weighted by Gasteiger charge is -2.14. The van der Waals surface area contributed by atoms with Gasteiger partial charge in [0.1, 0.15) is 5.75 Å². The van der Waals surface area contributed by atoms with E-state index in [2.05, 4.69) is 10.3 Å². The first kappa shape index (κ1) is 18.1. The van der Waals surface area contributed by atoms with E-state index < -0.39 is 12.0 Å². The maximum atomic E-state index is 13.5. The van der Waals surface area contributed by atoms with Gasteiger partial charge in [-0.25, -0.2) is 4.99 Å². The summed E-state index contributed by atoms with van der Waals surface area (Å²) in [6.07, 6.45) is -4.65. The molecule has 3 rings (SSSR count). The van der Waals surface area contributed by atoms with Crippen LogP contribution in [0.15, 0.2) is 65.7 Å². The van der Waals surface area contributed by atoms with Crippen molar-refractivity contribution in [2.45, 2.75) is 6.18 Å². The summed E-state index contributed by atoms with van der Waals surface area (Å²) in [5.41, 5.74) is 0.429. The third-order valence-corrected chi connectivity index (χ3v) is 4.03. The van der Waals surface area contributed by atoms with Gasteiger partial charge < -0.3 is 10.1 Å². The Kier molecular flexibility index (Phi) is 5.04. The highest BCUT2D eigenvalue weighted by molar-refractivity contribution is 6.36. The molecule has 0 aromatic heterocycles. The second kappa shape index (κ2) is 7.25. The van der Waals surface area contributed by atoms with Gasteiger partial charge in [-0.1, -0.05) is 35.9 Å². The van der Waals surface area contributed by atoms with Crippen LogP contribution < -0.4 is 10.1 Å². The number of ether oxygens (including phenoxy) is 1. The Hall–Kier alpha value is -2.73. The molecule has 0 fully saturated rings. The SMILES string of the molecule is COc1ccc(NC(=Nc2ccc(Cl)c3ccccc23)C(F)(F)F)cc1. The van der Waals surface area contributed by atoms with Crippen LogP contribution >= 0.6 is 11.6 Å². The molecule has 0 saturated carbocycles. The number of rotatable bonds is 3. The van der Waals surface area contributed by atoms with Gasteiger partial charge in [-0.3, -0.25) is 0 Å². The summed E-state index contributed by atoms with van der Waals surface area (Å²) >= 11 is 6.12. The van der Waals surface area contributed by atoms with Gasteiger partial charge >= 0.3 is 6.18 Å². The molecule has 26 heavy (non-hydrogen) atoms. The Balaban J connectivity index is 2.04. The predicted octanol–water partition coefficient (Wildman–Crippen LogP) is 6.21. The molecule has 0 heterocycles. The Morgan fingerprint density at radius 1 is 0.962 bits per heavy atom. The smallest absolute Gasteiger partial charge is 0.449 e. The molecular formula is C19H14ClF3N2O. The third kappa shape index (κ3) is 3.91. The summed E-state index contributed by atoms with van der Waals surface area (Å²) in [5.74, 6) is -0.570. The molecule has 7 heteroatoms. The number of nitrogens with one attached hydrogen (secondary N) is 1. The minimum Gasteiger partial charge on any atom is -0.497 e. The van der Waals surface area contributed by atoms with Crippen molar-refractivity contribution in [1.29, 1.82) is 0 Å². The lowest BCUT2D eigenvalue weighted by Crippen LogP contribution is -2.30. The normalized spacial score (nSPS) is 12.3. The minimum absolute atomic E-state index is 0.179. The van der Waals surface area contributed by atoms with E-state index in [0.717, 1.165) is 0 Å².